The third-order valence-electron chi connectivity index (χ3n) is 9.54. The van der Waals surface area contributed by atoms with Gasteiger partial charge in [-0.3, -0.25) is 4.79 Å². The summed E-state index contributed by atoms with van der Waals surface area (Å²) in [6.45, 7) is 0. The molecule has 0 aliphatic carbocycles. The number of carbonyl (C=O) groups excluding carboxylic acids is 1. The monoisotopic (exact) mass is 721 g/mol. The molecule has 0 atom stereocenters. The summed E-state index contributed by atoms with van der Waals surface area (Å²) in [5.74, 6) is 1.48. The number of nitrogens with zero attached hydrogens (tertiary/aromatic N) is 4. The van der Waals surface area contributed by atoms with Gasteiger partial charge in [0.1, 0.15) is 11.5 Å². The lowest BCUT2D eigenvalue weighted by Crippen LogP contribution is -2.30. The van der Waals surface area contributed by atoms with Gasteiger partial charge in [0.05, 0.1) is 26.4 Å². The molecule has 266 valence electrons. The molecule has 8 aromatic rings. The molecule has 0 saturated carbocycles. The fourth-order valence-electron chi connectivity index (χ4n) is 6.41. The van der Waals surface area contributed by atoms with E-state index >= 15 is 0 Å². The lowest BCUT2D eigenvalue weighted by Gasteiger charge is -2.06. The highest BCUT2D eigenvalue weighted by Gasteiger charge is 2.14. The number of benzene rings is 4. The fourth-order valence-corrected chi connectivity index (χ4v) is 6.41. The second-order valence-electron chi connectivity index (χ2n) is 12.9. The Morgan fingerprint density at radius 2 is 0.764 bits per heavy atom. The molecule has 8 nitrogen and oxygen atoms in total. The molecule has 0 unspecified atom stereocenters. The van der Waals surface area contributed by atoms with Gasteiger partial charge in [0.25, 0.3) is 5.91 Å². The van der Waals surface area contributed by atoms with E-state index in [1.165, 1.54) is 0 Å². The zero-order valence-electron chi connectivity index (χ0n) is 30.5. The van der Waals surface area contributed by atoms with Gasteiger partial charge in [0.15, 0.2) is 49.6 Å². The number of amides is 1. The van der Waals surface area contributed by atoms with Gasteiger partial charge >= 0.3 is 0 Å². The molecule has 1 amide bonds. The molecule has 55 heavy (non-hydrogen) atoms. The standard InChI is InChI=1S/C47H38N5O3/c1-54-45-7-3-5-43(33-45)51-29-21-37(22-30-51)35-17-25-49(26-18-35)41-13-9-39(10-14-41)47(53)48-40-11-15-42(16-12-40)50-27-19-36(20-28-50)38-23-31-52(32-24-38)44-6-4-8-46(34-44)55-2/h3-34H,1-2H3/q+3/p+1. The van der Waals surface area contributed by atoms with Gasteiger partial charge in [-0.05, 0) is 58.7 Å². The SMILES string of the molecule is COc1cccc(-[n+]2ccc(-c3cc[n+](-c4ccc(NC(=O)c5ccc(-[n+]6ccc(-c7cc[n+](-c8cccc(OC)c8)cc7)cc6)cc5)cc4)cc3)cc2)c1. The van der Waals surface area contributed by atoms with Gasteiger partial charge in [-0.25, -0.2) is 0 Å². The van der Waals surface area contributed by atoms with E-state index in [9.17, 15) is 4.79 Å². The number of rotatable bonds is 10. The van der Waals surface area contributed by atoms with Crippen LogP contribution in [-0.4, -0.2) is 20.1 Å². The largest absolute Gasteiger partial charge is 0.497 e. The van der Waals surface area contributed by atoms with Crippen molar-refractivity contribution in [2.75, 3.05) is 19.5 Å². The molecule has 0 aliphatic rings. The molecular formula is C47H39N5O3+4. The van der Waals surface area contributed by atoms with Gasteiger partial charge in [-0.1, -0.05) is 12.1 Å². The van der Waals surface area contributed by atoms with Crippen molar-refractivity contribution < 1.29 is 32.5 Å². The van der Waals surface area contributed by atoms with Crippen LogP contribution < -0.4 is 33.1 Å². The van der Waals surface area contributed by atoms with Gasteiger partial charge in [-0.15, -0.1) is 0 Å². The van der Waals surface area contributed by atoms with Crippen LogP contribution in [-0.2, 0) is 0 Å². The van der Waals surface area contributed by atoms with Crippen molar-refractivity contribution in [3.05, 3.63) is 201 Å². The topological polar surface area (TPSA) is 63.1 Å². The molecular weight excluding hydrogens is 683 g/mol. The van der Waals surface area contributed by atoms with Gasteiger partial charge < -0.3 is 14.8 Å². The number of pyridine rings is 4. The number of anilines is 1. The summed E-state index contributed by atoms with van der Waals surface area (Å²) in [4.78, 5) is 13.1. The third-order valence-corrected chi connectivity index (χ3v) is 9.54. The van der Waals surface area contributed by atoms with Crippen LogP contribution in [0.4, 0.5) is 5.69 Å². The van der Waals surface area contributed by atoms with E-state index in [4.69, 9.17) is 9.47 Å². The third kappa shape index (κ3) is 7.84. The molecule has 0 spiro atoms. The van der Waals surface area contributed by atoms with Crippen molar-refractivity contribution in [3.63, 3.8) is 0 Å². The minimum Gasteiger partial charge on any atom is -0.497 e. The Morgan fingerprint density at radius 3 is 1.13 bits per heavy atom. The van der Waals surface area contributed by atoms with E-state index in [-0.39, 0.29) is 5.91 Å². The maximum absolute atomic E-state index is 13.1. The van der Waals surface area contributed by atoms with E-state index in [1.807, 2.05) is 139 Å². The van der Waals surface area contributed by atoms with Crippen LogP contribution in [0, 0.1) is 0 Å². The lowest BCUT2D eigenvalue weighted by molar-refractivity contribution is -0.596. The van der Waals surface area contributed by atoms with Crippen molar-refractivity contribution in [1.82, 2.24) is 0 Å². The Hall–Kier alpha value is -7.45. The zero-order valence-corrected chi connectivity index (χ0v) is 30.5. The summed E-state index contributed by atoms with van der Waals surface area (Å²) in [6.07, 6.45) is 16.3. The van der Waals surface area contributed by atoms with Crippen molar-refractivity contribution >= 4 is 11.6 Å². The molecule has 4 aromatic heterocycles. The Labute approximate surface area is 320 Å². The number of methoxy groups -OCH3 is 2. The number of carbonyl (C=O) groups is 1. The van der Waals surface area contributed by atoms with E-state index in [0.717, 1.165) is 62.2 Å². The Bertz CT molecular complexity index is 2550. The Morgan fingerprint density at radius 1 is 0.418 bits per heavy atom. The summed E-state index contributed by atoms with van der Waals surface area (Å²) in [6, 6.07) is 48.1. The van der Waals surface area contributed by atoms with Crippen LogP contribution in [0.3, 0.4) is 0 Å². The lowest BCUT2D eigenvalue weighted by atomic mass is 10.1. The van der Waals surface area contributed by atoms with Crippen LogP contribution in [0.15, 0.2) is 195 Å². The second kappa shape index (κ2) is 15.7. The number of nitrogens with one attached hydrogen (secondary N) is 1. The molecule has 0 radical (unpaired) electrons. The van der Waals surface area contributed by atoms with E-state index in [1.54, 1.807) is 14.2 Å². The first-order chi connectivity index (χ1) is 27.0. The molecule has 8 heteroatoms. The maximum atomic E-state index is 13.1. The highest BCUT2D eigenvalue weighted by molar-refractivity contribution is 6.04. The summed E-state index contributed by atoms with van der Waals surface area (Å²) in [5.41, 5.74) is 9.80. The van der Waals surface area contributed by atoms with E-state index < -0.39 is 0 Å². The van der Waals surface area contributed by atoms with Crippen LogP contribution in [0.5, 0.6) is 11.5 Å². The van der Waals surface area contributed by atoms with Crippen LogP contribution in [0.25, 0.3) is 45.0 Å². The molecule has 4 aromatic carbocycles. The van der Waals surface area contributed by atoms with E-state index in [2.05, 4.69) is 79.9 Å². The molecule has 0 saturated heterocycles. The number of hydrogen-bond acceptors (Lipinski definition) is 3. The van der Waals surface area contributed by atoms with Crippen molar-refractivity contribution in [2.24, 2.45) is 0 Å². The summed E-state index contributed by atoms with van der Waals surface area (Å²) in [5, 5.41) is 3.02. The minimum atomic E-state index is -0.164. The first-order valence-electron chi connectivity index (χ1n) is 17.9. The van der Waals surface area contributed by atoms with Crippen molar-refractivity contribution in [3.8, 4) is 56.5 Å². The first-order valence-corrected chi connectivity index (χ1v) is 17.9. The molecule has 0 fully saturated rings. The highest BCUT2D eigenvalue weighted by Crippen LogP contribution is 2.20. The predicted molar refractivity (Wildman–Crippen MR) is 211 cm³/mol. The maximum Gasteiger partial charge on any atom is 0.255 e. The highest BCUT2D eigenvalue weighted by atomic mass is 16.5. The van der Waals surface area contributed by atoms with Crippen molar-refractivity contribution in [2.45, 2.75) is 0 Å². The molecule has 4 heterocycles. The summed E-state index contributed by atoms with van der Waals surface area (Å²) in [7, 11) is 3.35. The average molecular weight is 722 g/mol. The quantitative estimate of drug-likeness (QED) is 0.150. The predicted octanol–water partition coefficient (Wildman–Crippen LogP) is 7.40. The smallest absolute Gasteiger partial charge is 0.255 e. The minimum absolute atomic E-state index is 0.164. The van der Waals surface area contributed by atoms with Crippen LogP contribution >= 0.6 is 0 Å². The van der Waals surface area contributed by atoms with Gasteiger partial charge in [0, 0.05) is 96.2 Å². The van der Waals surface area contributed by atoms with Crippen LogP contribution in [0.2, 0.25) is 0 Å². The molecule has 0 bridgehead atoms. The Balaban J connectivity index is 0.867. The molecule has 0 aliphatic heterocycles. The summed E-state index contributed by atoms with van der Waals surface area (Å²) < 4.78 is 18.9. The normalized spacial score (nSPS) is 10.8. The number of aromatic nitrogens is 4. The number of ether oxygens (including phenoxy) is 2. The Kier molecular flexibility index (Phi) is 9.85. The van der Waals surface area contributed by atoms with E-state index in [0.29, 0.717) is 5.56 Å². The second-order valence-corrected chi connectivity index (χ2v) is 12.9. The molecule has 1 N–H and O–H groups in total. The zero-order chi connectivity index (χ0) is 37.6. The van der Waals surface area contributed by atoms with Gasteiger partial charge in [0.2, 0.25) is 22.7 Å². The van der Waals surface area contributed by atoms with Crippen molar-refractivity contribution in [1.29, 1.82) is 0 Å². The van der Waals surface area contributed by atoms with Crippen LogP contribution in [0.1, 0.15) is 10.4 Å². The van der Waals surface area contributed by atoms with Gasteiger partial charge in [-0.2, -0.15) is 18.3 Å². The first kappa shape index (κ1) is 34.6. The number of hydrogen-bond donors (Lipinski definition) is 1. The fraction of sp³-hybridized carbons (Fsp3) is 0.0426. The molecule has 8 rings (SSSR count). The average Bonchev–Trinajstić information content (AvgIpc) is 3.27. The summed E-state index contributed by atoms with van der Waals surface area (Å²) >= 11 is 0.